The van der Waals surface area contributed by atoms with E-state index >= 15 is 0 Å². The molecule has 0 saturated heterocycles. The van der Waals surface area contributed by atoms with Crippen molar-refractivity contribution in [2.75, 3.05) is 5.32 Å². The summed E-state index contributed by atoms with van der Waals surface area (Å²) in [4.78, 5) is 15.7. The second kappa shape index (κ2) is 5.69. The van der Waals surface area contributed by atoms with E-state index in [0.29, 0.717) is 17.5 Å². The van der Waals surface area contributed by atoms with Crippen molar-refractivity contribution >= 4 is 28.0 Å². The number of imidazole rings is 1. The Morgan fingerprint density at radius 1 is 1.35 bits per heavy atom. The van der Waals surface area contributed by atoms with E-state index in [-0.39, 0.29) is 5.88 Å². The molecule has 3 heterocycles. The van der Waals surface area contributed by atoms with Crippen molar-refractivity contribution in [2.45, 2.75) is 38.1 Å². The molecular formula is C15H16N4O3S. The summed E-state index contributed by atoms with van der Waals surface area (Å²) < 4.78 is 7.34. The van der Waals surface area contributed by atoms with Crippen LogP contribution in [0.4, 0.5) is 11.7 Å². The van der Waals surface area contributed by atoms with E-state index in [0.717, 1.165) is 23.6 Å². The highest BCUT2D eigenvalue weighted by molar-refractivity contribution is 7.15. The molecule has 4 rings (SSSR count). The van der Waals surface area contributed by atoms with E-state index in [1.54, 1.807) is 6.07 Å². The van der Waals surface area contributed by atoms with Gasteiger partial charge in [-0.3, -0.25) is 14.5 Å². The Morgan fingerprint density at radius 2 is 2.17 bits per heavy atom. The summed E-state index contributed by atoms with van der Waals surface area (Å²) >= 11 is 1.53. The van der Waals surface area contributed by atoms with Crippen LogP contribution in [0.1, 0.15) is 32.1 Å². The van der Waals surface area contributed by atoms with Gasteiger partial charge in [0.05, 0.1) is 6.07 Å². The van der Waals surface area contributed by atoms with Crippen LogP contribution in [-0.4, -0.2) is 20.3 Å². The molecule has 8 heteroatoms. The maximum Gasteiger partial charge on any atom is 0.433 e. The minimum atomic E-state index is -0.532. The van der Waals surface area contributed by atoms with E-state index in [9.17, 15) is 10.1 Å². The maximum atomic E-state index is 10.8. The second-order valence-electron chi connectivity index (χ2n) is 5.74. The summed E-state index contributed by atoms with van der Waals surface area (Å²) in [6, 6.07) is 3.39. The number of aromatic nitrogens is 2. The van der Waals surface area contributed by atoms with Crippen molar-refractivity contribution in [3.05, 3.63) is 33.8 Å². The van der Waals surface area contributed by atoms with Gasteiger partial charge < -0.3 is 9.73 Å². The lowest BCUT2D eigenvalue weighted by Crippen LogP contribution is -2.23. The first-order valence-electron chi connectivity index (χ1n) is 7.69. The standard InChI is InChI=1S/C15H16N4O3S/c20-19(21)12-7-6-11(22-12)13-14(16-10-4-2-1-3-5-10)18-8-9-23-15(18)17-13/h6-10,16H,1-5H2. The number of furan rings is 1. The highest BCUT2D eigenvalue weighted by atomic mass is 32.1. The summed E-state index contributed by atoms with van der Waals surface area (Å²) in [5.41, 5.74) is 0.635. The summed E-state index contributed by atoms with van der Waals surface area (Å²) in [5, 5.41) is 16.4. The fourth-order valence-electron chi connectivity index (χ4n) is 3.09. The topological polar surface area (TPSA) is 85.6 Å². The van der Waals surface area contributed by atoms with E-state index in [1.807, 2.05) is 16.0 Å². The van der Waals surface area contributed by atoms with Crippen LogP contribution in [-0.2, 0) is 0 Å². The van der Waals surface area contributed by atoms with Crippen molar-refractivity contribution in [3.8, 4) is 11.5 Å². The molecule has 0 aromatic carbocycles. The van der Waals surface area contributed by atoms with Crippen molar-refractivity contribution in [1.29, 1.82) is 0 Å². The van der Waals surface area contributed by atoms with Gasteiger partial charge in [0.15, 0.2) is 16.4 Å². The van der Waals surface area contributed by atoms with Crippen LogP contribution in [0.2, 0.25) is 0 Å². The number of nitro groups is 1. The Hall–Kier alpha value is -2.35. The van der Waals surface area contributed by atoms with Gasteiger partial charge in [0.1, 0.15) is 10.7 Å². The molecule has 23 heavy (non-hydrogen) atoms. The molecule has 0 atom stereocenters. The predicted molar refractivity (Wildman–Crippen MR) is 87.9 cm³/mol. The zero-order valence-electron chi connectivity index (χ0n) is 12.4. The first kappa shape index (κ1) is 14.3. The third-order valence-electron chi connectivity index (χ3n) is 4.21. The van der Waals surface area contributed by atoms with Crippen LogP contribution >= 0.6 is 11.3 Å². The van der Waals surface area contributed by atoms with Crippen LogP contribution < -0.4 is 5.32 Å². The summed E-state index contributed by atoms with van der Waals surface area (Å²) in [5.74, 6) is 1.02. The van der Waals surface area contributed by atoms with Crippen LogP contribution in [0.25, 0.3) is 16.4 Å². The van der Waals surface area contributed by atoms with Gasteiger partial charge in [-0.15, -0.1) is 11.3 Å². The number of nitrogens with zero attached hydrogens (tertiary/aromatic N) is 3. The molecule has 0 radical (unpaired) electrons. The van der Waals surface area contributed by atoms with Gasteiger partial charge in [-0.25, -0.2) is 4.98 Å². The average Bonchev–Trinajstić information content (AvgIpc) is 3.24. The van der Waals surface area contributed by atoms with Crippen LogP contribution in [0.15, 0.2) is 28.1 Å². The zero-order valence-corrected chi connectivity index (χ0v) is 13.2. The quantitative estimate of drug-likeness (QED) is 0.568. The molecule has 1 aliphatic rings. The lowest BCUT2D eigenvalue weighted by molar-refractivity contribution is -0.401. The van der Waals surface area contributed by atoms with Crippen LogP contribution in [0, 0.1) is 10.1 Å². The lowest BCUT2D eigenvalue weighted by Gasteiger charge is -2.23. The first-order valence-corrected chi connectivity index (χ1v) is 8.57. The molecule has 0 unspecified atom stereocenters. The minimum Gasteiger partial charge on any atom is -0.399 e. The maximum absolute atomic E-state index is 10.8. The Balaban J connectivity index is 1.74. The first-order chi connectivity index (χ1) is 11.2. The van der Waals surface area contributed by atoms with Crippen LogP contribution in [0.5, 0.6) is 0 Å². The predicted octanol–water partition coefficient (Wildman–Crippen LogP) is 4.31. The highest BCUT2D eigenvalue weighted by Crippen LogP contribution is 2.35. The van der Waals surface area contributed by atoms with Crippen LogP contribution in [0.3, 0.4) is 0 Å². The summed E-state index contributed by atoms with van der Waals surface area (Å²) in [6.45, 7) is 0. The third-order valence-corrected chi connectivity index (χ3v) is 4.97. The molecule has 1 N–H and O–H groups in total. The Labute approximate surface area is 136 Å². The van der Waals surface area contributed by atoms with Gasteiger partial charge in [-0.1, -0.05) is 19.3 Å². The normalized spacial score (nSPS) is 16.0. The smallest absolute Gasteiger partial charge is 0.399 e. The second-order valence-corrected chi connectivity index (χ2v) is 6.61. The number of hydrogen-bond donors (Lipinski definition) is 1. The number of fused-ring (bicyclic) bond motifs is 1. The number of hydrogen-bond acceptors (Lipinski definition) is 6. The van der Waals surface area contributed by atoms with Crippen molar-refractivity contribution in [3.63, 3.8) is 0 Å². The Bertz CT molecular complexity index is 844. The van der Waals surface area contributed by atoms with Gasteiger partial charge in [0, 0.05) is 17.6 Å². The third kappa shape index (κ3) is 2.59. The lowest BCUT2D eigenvalue weighted by atomic mass is 9.95. The van der Waals surface area contributed by atoms with E-state index in [4.69, 9.17) is 4.42 Å². The average molecular weight is 332 g/mol. The molecule has 0 aliphatic heterocycles. The van der Waals surface area contributed by atoms with Crippen molar-refractivity contribution in [1.82, 2.24) is 9.38 Å². The van der Waals surface area contributed by atoms with Crippen molar-refractivity contribution < 1.29 is 9.34 Å². The molecule has 0 bridgehead atoms. The SMILES string of the molecule is O=[N+]([O-])c1ccc(-c2nc3sccn3c2NC2CCCCC2)o1. The van der Waals surface area contributed by atoms with Gasteiger partial charge in [0.25, 0.3) is 0 Å². The molecule has 0 amide bonds. The Kier molecular flexibility index (Phi) is 3.53. The van der Waals surface area contributed by atoms with Gasteiger partial charge in [0.2, 0.25) is 0 Å². The number of thiazole rings is 1. The molecule has 3 aromatic rings. The largest absolute Gasteiger partial charge is 0.433 e. The molecule has 1 aliphatic carbocycles. The molecule has 7 nitrogen and oxygen atoms in total. The summed E-state index contributed by atoms with van der Waals surface area (Å²) in [6.07, 6.45) is 7.97. The number of anilines is 1. The zero-order chi connectivity index (χ0) is 15.8. The van der Waals surface area contributed by atoms with E-state index < -0.39 is 4.92 Å². The molecule has 0 spiro atoms. The van der Waals surface area contributed by atoms with Gasteiger partial charge in [-0.05, 0) is 18.9 Å². The van der Waals surface area contributed by atoms with E-state index in [1.165, 1.54) is 36.7 Å². The minimum absolute atomic E-state index is 0.264. The fraction of sp³-hybridized carbons (Fsp3) is 0.400. The molecule has 3 aromatic heterocycles. The summed E-state index contributed by atoms with van der Waals surface area (Å²) in [7, 11) is 0. The monoisotopic (exact) mass is 332 g/mol. The number of rotatable bonds is 4. The van der Waals surface area contributed by atoms with Crippen molar-refractivity contribution in [2.24, 2.45) is 0 Å². The Morgan fingerprint density at radius 3 is 2.91 bits per heavy atom. The highest BCUT2D eigenvalue weighted by Gasteiger charge is 2.23. The van der Waals surface area contributed by atoms with E-state index in [2.05, 4.69) is 10.3 Å². The van der Waals surface area contributed by atoms with Gasteiger partial charge >= 0.3 is 5.88 Å². The molecule has 120 valence electrons. The molecule has 1 fully saturated rings. The number of nitrogens with one attached hydrogen (secondary N) is 1. The fourth-order valence-corrected chi connectivity index (χ4v) is 3.80. The molecule has 1 saturated carbocycles. The van der Waals surface area contributed by atoms with Gasteiger partial charge in [-0.2, -0.15) is 0 Å². The molecular weight excluding hydrogens is 316 g/mol.